The van der Waals surface area contributed by atoms with Crippen LogP contribution >= 0.6 is 11.6 Å². The number of nitrogens with zero attached hydrogens (tertiary/aromatic N) is 2. The predicted molar refractivity (Wildman–Crippen MR) is 116 cm³/mol. The minimum Gasteiger partial charge on any atom is -0.451 e. The summed E-state index contributed by atoms with van der Waals surface area (Å²) in [5.74, 6) is 0.134. The standard InChI is InChI=1S/C23H26ClN3O2/c1-16-20-13-19(24)6-7-21(20)29-22(16)23(28)25-14-17-4-3-5-18(12-17)15-27-10-8-26(2)9-11-27/h3-7,12-13H,8-11,14-15H2,1-2H3,(H,25,28). The Morgan fingerprint density at radius 3 is 2.66 bits per heavy atom. The van der Waals surface area contributed by atoms with Crippen molar-refractivity contribution in [2.45, 2.75) is 20.0 Å². The molecule has 1 fully saturated rings. The summed E-state index contributed by atoms with van der Waals surface area (Å²) in [5.41, 5.74) is 3.84. The van der Waals surface area contributed by atoms with E-state index in [2.05, 4.69) is 40.4 Å². The zero-order valence-corrected chi connectivity index (χ0v) is 17.6. The zero-order chi connectivity index (χ0) is 20.4. The molecule has 6 heteroatoms. The predicted octanol–water partition coefficient (Wildman–Crippen LogP) is 4.07. The zero-order valence-electron chi connectivity index (χ0n) is 16.9. The van der Waals surface area contributed by atoms with Crippen LogP contribution in [0.4, 0.5) is 0 Å². The molecule has 2 aromatic carbocycles. The number of nitrogens with one attached hydrogen (secondary N) is 1. The van der Waals surface area contributed by atoms with Crippen LogP contribution in [0.1, 0.15) is 27.2 Å². The van der Waals surface area contributed by atoms with Gasteiger partial charge >= 0.3 is 0 Å². The van der Waals surface area contributed by atoms with Crippen LogP contribution in [0.3, 0.4) is 0 Å². The molecule has 0 aliphatic carbocycles. The third-order valence-corrected chi connectivity index (χ3v) is 5.79. The summed E-state index contributed by atoms with van der Waals surface area (Å²) in [6.45, 7) is 7.69. The van der Waals surface area contributed by atoms with Crippen molar-refractivity contribution in [3.63, 3.8) is 0 Å². The van der Waals surface area contributed by atoms with Crippen LogP contribution in [-0.2, 0) is 13.1 Å². The van der Waals surface area contributed by atoms with Crippen LogP contribution in [0, 0.1) is 6.92 Å². The van der Waals surface area contributed by atoms with Gasteiger partial charge in [0, 0.05) is 55.2 Å². The lowest BCUT2D eigenvalue weighted by Gasteiger charge is -2.32. The van der Waals surface area contributed by atoms with Gasteiger partial charge in [0.2, 0.25) is 0 Å². The first-order chi connectivity index (χ1) is 14.0. The lowest BCUT2D eigenvalue weighted by atomic mass is 10.1. The lowest BCUT2D eigenvalue weighted by molar-refractivity contribution is 0.0924. The Morgan fingerprint density at radius 1 is 1.10 bits per heavy atom. The lowest BCUT2D eigenvalue weighted by Crippen LogP contribution is -2.43. The maximum absolute atomic E-state index is 12.7. The van der Waals surface area contributed by atoms with Crippen LogP contribution in [0.25, 0.3) is 11.0 Å². The van der Waals surface area contributed by atoms with Gasteiger partial charge in [0.15, 0.2) is 5.76 Å². The van der Waals surface area contributed by atoms with E-state index >= 15 is 0 Å². The number of furan rings is 1. The van der Waals surface area contributed by atoms with Crippen LogP contribution in [0.2, 0.25) is 5.02 Å². The summed E-state index contributed by atoms with van der Waals surface area (Å²) in [7, 11) is 2.17. The normalized spacial score (nSPS) is 15.7. The number of likely N-dealkylation sites (N-methyl/N-ethyl adjacent to an activating group) is 1. The van der Waals surface area contributed by atoms with Crippen molar-refractivity contribution in [3.05, 3.63) is 69.9 Å². The highest BCUT2D eigenvalue weighted by atomic mass is 35.5. The van der Waals surface area contributed by atoms with Gasteiger partial charge < -0.3 is 14.6 Å². The van der Waals surface area contributed by atoms with Crippen LogP contribution in [0.15, 0.2) is 46.9 Å². The molecule has 0 spiro atoms. The quantitative estimate of drug-likeness (QED) is 0.687. The summed E-state index contributed by atoms with van der Waals surface area (Å²) < 4.78 is 5.76. The molecule has 152 valence electrons. The largest absolute Gasteiger partial charge is 0.451 e. The fourth-order valence-corrected chi connectivity index (χ4v) is 3.95. The topological polar surface area (TPSA) is 48.7 Å². The Hall–Kier alpha value is -2.34. The second-order valence-corrected chi connectivity index (χ2v) is 8.22. The minimum absolute atomic E-state index is 0.209. The highest BCUT2D eigenvalue weighted by Gasteiger charge is 2.18. The van der Waals surface area contributed by atoms with E-state index < -0.39 is 0 Å². The molecule has 0 bridgehead atoms. The molecule has 1 aromatic heterocycles. The molecule has 2 heterocycles. The first kappa shape index (κ1) is 20.0. The van der Waals surface area contributed by atoms with Crippen molar-refractivity contribution in [2.75, 3.05) is 33.2 Å². The number of carbonyl (C=O) groups is 1. The summed E-state index contributed by atoms with van der Waals surface area (Å²) in [4.78, 5) is 17.5. The number of aryl methyl sites for hydroxylation is 1. The van der Waals surface area contributed by atoms with Gasteiger partial charge in [0.1, 0.15) is 5.58 Å². The summed E-state index contributed by atoms with van der Waals surface area (Å²) in [6.07, 6.45) is 0. The molecule has 1 amide bonds. The third kappa shape index (κ3) is 4.64. The molecule has 3 aromatic rings. The van der Waals surface area contributed by atoms with Gasteiger partial charge in [0.05, 0.1) is 0 Å². The Bertz CT molecular complexity index is 1020. The average Bonchev–Trinajstić information content (AvgIpc) is 3.04. The maximum Gasteiger partial charge on any atom is 0.287 e. The number of carbonyl (C=O) groups excluding carboxylic acids is 1. The number of rotatable bonds is 5. The molecule has 1 saturated heterocycles. The molecular weight excluding hydrogens is 386 g/mol. The van der Waals surface area contributed by atoms with Gasteiger partial charge in [-0.15, -0.1) is 0 Å². The number of fused-ring (bicyclic) bond motifs is 1. The molecule has 5 nitrogen and oxygen atoms in total. The summed E-state index contributed by atoms with van der Waals surface area (Å²) in [5, 5.41) is 4.48. The molecule has 1 aliphatic heterocycles. The van der Waals surface area contributed by atoms with Gasteiger partial charge in [-0.2, -0.15) is 0 Å². The van der Waals surface area contributed by atoms with Crippen LogP contribution < -0.4 is 5.32 Å². The molecule has 0 atom stereocenters. The van der Waals surface area contributed by atoms with Crippen molar-refractivity contribution in [2.24, 2.45) is 0 Å². The Kier molecular flexibility index (Phi) is 5.90. The van der Waals surface area contributed by atoms with E-state index in [9.17, 15) is 4.79 Å². The number of benzene rings is 2. The van der Waals surface area contributed by atoms with Gasteiger partial charge in [-0.25, -0.2) is 0 Å². The smallest absolute Gasteiger partial charge is 0.287 e. The van der Waals surface area contributed by atoms with Crippen LogP contribution in [-0.4, -0.2) is 48.9 Å². The fraction of sp³-hybridized carbons (Fsp3) is 0.348. The summed E-state index contributed by atoms with van der Waals surface area (Å²) >= 11 is 6.06. The van der Waals surface area contributed by atoms with Gasteiger partial charge in [-0.3, -0.25) is 9.69 Å². The van der Waals surface area contributed by atoms with E-state index in [0.717, 1.165) is 49.2 Å². The van der Waals surface area contributed by atoms with Crippen molar-refractivity contribution in [1.29, 1.82) is 0 Å². The second kappa shape index (κ2) is 8.57. The molecule has 1 aliphatic rings. The molecule has 1 N–H and O–H groups in total. The molecule has 0 radical (unpaired) electrons. The molecular formula is C23H26ClN3O2. The van der Waals surface area contributed by atoms with E-state index in [4.69, 9.17) is 16.0 Å². The fourth-order valence-electron chi connectivity index (χ4n) is 3.77. The Morgan fingerprint density at radius 2 is 1.86 bits per heavy atom. The van der Waals surface area contributed by atoms with E-state index in [1.54, 1.807) is 12.1 Å². The molecule has 0 saturated carbocycles. The number of piperazine rings is 1. The Balaban J connectivity index is 1.40. The van der Waals surface area contributed by atoms with Crippen molar-refractivity contribution in [3.8, 4) is 0 Å². The molecule has 0 unspecified atom stereocenters. The van der Waals surface area contributed by atoms with E-state index in [0.29, 0.717) is 22.9 Å². The minimum atomic E-state index is -0.209. The van der Waals surface area contributed by atoms with Crippen LogP contribution in [0.5, 0.6) is 0 Å². The van der Waals surface area contributed by atoms with Gasteiger partial charge in [-0.05, 0) is 43.3 Å². The van der Waals surface area contributed by atoms with Crippen molar-refractivity contribution >= 4 is 28.5 Å². The third-order valence-electron chi connectivity index (χ3n) is 5.55. The monoisotopic (exact) mass is 411 g/mol. The van der Waals surface area contributed by atoms with E-state index in [1.807, 2.05) is 19.1 Å². The number of halogens is 1. The highest BCUT2D eigenvalue weighted by molar-refractivity contribution is 6.31. The maximum atomic E-state index is 12.7. The second-order valence-electron chi connectivity index (χ2n) is 7.78. The SMILES string of the molecule is Cc1c(C(=O)NCc2cccc(CN3CCN(C)CC3)c2)oc2ccc(Cl)cc12. The molecule has 29 heavy (non-hydrogen) atoms. The average molecular weight is 412 g/mol. The van der Waals surface area contributed by atoms with Crippen molar-refractivity contribution in [1.82, 2.24) is 15.1 Å². The van der Waals surface area contributed by atoms with E-state index in [1.165, 1.54) is 5.56 Å². The van der Waals surface area contributed by atoms with E-state index in [-0.39, 0.29) is 5.91 Å². The van der Waals surface area contributed by atoms with Gasteiger partial charge in [0.25, 0.3) is 5.91 Å². The summed E-state index contributed by atoms with van der Waals surface area (Å²) in [6, 6.07) is 13.8. The Labute approximate surface area is 176 Å². The first-order valence-electron chi connectivity index (χ1n) is 9.95. The number of hydrogen-bond donors (Lipinski definition) is 1. The van der Waals surface area contributed by atoms with Gasteiger partial charge in [-0.1, -0.05) is 35.9 Å². The highest BCUT2D eigenvalue weighted by Crippen LogP contribution is 2.27. The van der Waals surface area contributed by atoms with Crippen molar-refractivity contribution < 1.29 is 9.21 Å². The first-order valence-corrected chi connectivity index (χ1v) is 10.3. The number of amides is 1. The number of hydrogen-bond acceptors (Lipinski definition) is 4. The molecule has 4 rings (SSSR count).